The number of pyridine rings is 1. The first kappa shape index (κ1) is 17.0. The van der Waals surface area contributed by atoms with Gasteiger partial charge in [-0.3, -0.25) is 0 Å². The van der Waals surface area contributed by atoms with Crippen LogP contribution in [0.4, 0.5) is 0 Å². The minimum Gasteiger partial charge on any atom is -0.439 e. The Morgan fingerprint density at radius 3 is 2.38 bits per heavy atom. The lowest BCUT2D eigenvalue weighted by Crippen LogP contribution is -2.35. The fraction of sp³-hybridized carbons (Fsp3) is 0.250. The third-order valence-electron chi connectivity index (χ3n) is 4.61. The predicted molar refractivity (Wildman–Crippen MR) is 101 cm³/mol. The molecule has 0 amide bonds. The second-order valence-corrected chi connectivity index (χ2v) is 8.35. The van der Waals surface area contributed by atoms with Crippen molar-refractivity contribution in [1.82, 2.24) is 9.29 Å². The molecule has 1 aliphatic heterocycles. The minimum atomic E-state index is -3.47. The molecule has 1 aliphatic rings. The molecule has 2 heterocycles. The van der Waals surface area contributed by atoms with E-state index in [2.05, 4.69) is 4.98 Å². The third-order valence-corrected chi connectivity index (χ3v) is 6.49. The highest BCUT2D eigenvalue weighted by atomic mass is 32.2. The van der Waals surface area contributed by atoms with Crippen LogP contribution in [0.25, 0.3) is 10.8 Å². The number of fused-ring (bicyclic) bond motifs is 1. The molecule has 0 aliphatic carbocycles. The van der Waals surface area contributed by atoms with Gasteiger partial charge in [-0.15, -0.1) is 0 Å². The molecular formula is C20H20N2O3S. The first-order valence-corrected chi connectivity index (χ1v) is 10.2. The summed E-state index contributed by atoms with van der Waals surface area (Å²) in [5.41, 5.74) is 0. The van der Waals surface area contributed by atoms with Crippen LogP contribution >= 0.6 is 0 Å². The van der Waals surface area contributed by atoms with Crippen molar-refractivity contribution in [1.29, 1.82) is 0 Å². The summed E-state index contributed by atoms with van der Waals surface area (Å²) in [4.78, 5) is 4.40. The number of rotatable bonds is 4. The lowest BCUT2D eigenvalue weighted by molar-refractivity contribution is 0.346. The number of ether oxygens (including phenoxy) is 1. The fourth-order valence-corrected chi connectivity index (χ4v) is 4.65. The molecule has 0 N–H and O–H groups in total. The monoisotopic (exact) mass is 368 g/mol. The smallest absolute Gasteiger partial charge is 0.244 e. The maximum absolute atomic E-state index is 12.6. The molecule has 26 heavy (non-hydrogen) atoms. The van der Waals surface area contributed by atoms with Crippen LogP contribution in [0.15, 0.2) is 65.7 Å². The summed E-state index contributed by atoms with van der Waals surface area (Å²) in [5.74, 6) is 1.04. The minimum absolute atomic E-state index is 0.213. The average molecular weight is 368 g/mol. The van der Waals surface area contributed by atoms with Gasteiger partial charge < -0.3 is 4.74 Å². The molecule has 0 saturated carbocycles. The van der Waals surface area contributed by atoms with Gasteiger partial charge in [0.25, 0.3) is 0 Å². The highest BCUT2D eigenvalue weighted by Gasteiger charge is 2.26. The Bertz CT molecular complexity index is 1010. The van der Waals surface area contributed by atoms with Gasteiger partial charge in [0.1, 0.15) is 10.6 Å². The summed E-state index contributed by atoms with van der Waals surface area (Å²) in [5, 5.41) is 2.21. The van der Waals surface area contributed by atoms with Gasteiger partial charge in [0.15, 0.2) is 0 Å². The highest BCUT2D eigenvalue weighted by molar-refractivity contribution is 7.89. The Labute approximate surface area is 153 Å². The van der Waals surface area contributed by atoms with Gasteiger partial charge in [0.2, 0.25) is 15.9 Å². The molecule has 6 heteroatoms. The van der Waals surface area contributed by atoms with Crippen molar-refractivity contribution in [2.24, 2.45) is 0 Å². The SMILES string of the molecule is O=S(=O)(c1ccc(Oc2ccc3ccccc3c2)nc1)N1CCCCC1. The van der Waals surface area contributed by atoms with Crippen molar-refractivity contribution in [3.8, 4) is 11.6 Å². The molecule has 0 spiro atoms. The van der Waals surface area contributed by atoms with E-state index in [1.165, 1.54) is 10.5 Å². The normalized spacial score (nSPS) is 15.8. The molecule has 3 aromatic rings. The zero-order chi connectivity index (χ0) is 18.0. The zero-order valence-electron chi connectivity index (χ0n) is 14.3. The van der Waals surface area contributed by atoms with Crippen LogP contribution in [0.5, 0.6) is 11.6 Å². The van der Waals surface area contributed by atoms with E-state index in [4.69, 9.17) is 4.74 Å². The van der Waals surface area contributed by atoms with Crippen molar-refractivity contribution in [3.63, 3.8) is 0 Å². The average Bonchev–Trinajstić information content (AvgIpc) is 2.69. The number of aromatic nitrogens is 1. The van der Waals surface area contributed by atoms with Gasteiger partial charge in [0, 0.05) is 19.2 Å². The van der Waals surface area contributed by atoms with E-state index in [0.717, 1.165) is 30.0 Å². The molecule has 134 valence electrons. The lowest BCUT2D eigenvalue weighted by Gasteiger charge is -2.25. The second kappa shape index (κ2) is 7.05. The first-order chi connectivity index (χ1) is 12.6. The van der Waals surface area contributed by atoms with Crippen LogP contribution in [0.2, 0.25) is 0 Å². The van der Waals surface area contributed by atoms with E-state index >= 15 is 0 Å². The summed E-state index contributed by atoms with van der Waals surface area (Å²) in [6, 6.07) is 17.0. The summed E-state index contributed by atoms with van der Waals surface area (Å²) in [6.07, 6.45) is 4.29. The topological polar surface area (TPSA) is 59.5 Å². The summed E-state index contributed by atoms with van der Waals surface area (Å²) in [7, 11) is -3.47. The third kappa shape index (κ3) is 3.43. The van der Waals surface area contributed by atoms with Crippen LogP contribution < -0.4 is 4.74 Å². The van der Waals surface area contributed by atoms with E-state index in [9.17, 15) is 8.42 Å². The van der Waals surface area contributed by atoms with E-state index in [0.29, 0.717) is 24.7 Å². The Hall–Kier alpha value is -2.44. The van der Waals surface area contributed by atoms with E-state index in [1.807, 2.05) is 42.5 Å². The summed E-state index contributed by atoms with van der Waals surface area (Å²) >= 11 is 0. The Kier molecular flexibility index (Phi) is 4.61. The zero-order valence-corrected chi connectivity index (χ0v) is 15.2. The largest absolute Gasteiger partial charge is 0.439 e. The van der Waals surface area contributed by atoms with Crippen molar-refractivity contribution in [2.75, 3.05) is 13.1 Å². The van der Waals surface area contributed by atoms with Gasteiger partial charge in [-0.1, -0.05) is 36.8 Å². The van der Waals surface area contributed by atoms with E-state index in [-0.39, 0.29) is 4.90 Å². The number of piperidine rings is 1. The number of sulfonamides is 1. The molecule has 1 fully saturated rings. The number of benzene rings is 2. The van der Waals surface area contributed by atoms with Crippen LogP contribution in [0, 0.1) is 0 Å². The van der Waals surface area contributed by atoms with Gasteiger partial charge in [-0.05, 0) is 41.8 Å². The molecule has 2 aromatic carbocycles. The Morgan fingerprint density at radius 1 is 0.885 bits per heavy atom. The maximum atomic E-state index is 12.6. The Balaban J connectivity index is 1.53. The molecule has 1 aromatic heterocycles. The van der Waals surface area contributed by atoms with Gasteiger partial charge >= 0.3 is 0 Å². The molecule has 0 unspecified atom stereocenters. The van der Waals surface area contributed by atoms with Gasteiger partial charge in [0.05, 0.1) is 6.20 Å². The lowest BCUT2D eigenvalue weighted by atomic mass is 10.1. The van der Waals surface area contributed by atoms with Gasteiger partial charge in [-0.25, -0.2) is 13.4 Å². The predicted octanol–water partition coefficient (Wildman–Crippen LogP) is 4.20. The quantitative estimate of drug-likeness (QED) is 0.692. The van der Waals surface area contributed by atoms with Crippen LogP contribution in [0.3, 0.4) is 0 Å². The van der Waals surface area contributed by atoms with E-state index in [1.54, 1.807) is 12.1 Å². The van der Waals surface area contributed by atoms with E-state index < -0.39 is 10.0 Å². The van der Waals surface area contributed by atoms with Crippen molar-refractivity contribution < 1.29 is 13.2 Å². The molecule has 1 saturated heterocycles. The molecule has 0 radical (unpaired) electrons. The first-order valence-electron chi connectivity index (χ1n) is 8.76. The van der Waals surface area contributed by atoms with Crippen molar-refractivity contribution in [2.45, 2.75) is 24.2 Å². The maximum Gasteiger partial charge on any atom is 0.244 e. The van der Waals surface area contributed by atoms with Crippen LogP contribution in [-0.2, 0) is 10.0 Å². The molecule has 4 rings (SSSR count). The molecule has 0 atom stereocenters. The van der Waals surface area contributed by atoms with Gasteiger partial charge in [-0.2, -0.15) is 4.31 Å². The van der Waals surface area contributed by atoms with Crippen molar-refractivity contribution in [3.05, 3.63) is 60.8 Å². The molecule has 5 nitrogen and oxygen atoms in total. The molecular weight excluding hydrogens is 348 g/mol. The standard InChI is InChI=1S/C20H20N2O3S/c23-26(24,22-12-4-1-5-13-22)19-10-11-20(21-15-19)25-18-9-8-16-6-2-3-7-17(16)14-18/h2-3,6-11,14-15H,1,4-5,12-13H2. The number of hydrogen-bond donors (Lipinski definition) is 0. The van der Waals surface area contributed by atoms with Crippen LogP contribution in [0.1, 0.15) is 19.3 Å². The molecule has 0 bridgehead atoms. The summed E-state index contributed by atoms with van der Waals surface area (Å²) in [6.45, 7) is 1.16. The Morgan fingerprint density at radius 2 is 1.65 bits per heavy atom. The summed E-state index contributed by atoms with van der Waals surface area (Å²) < 4.78 is 32.6. The second-order valence-electron chi connectivity index (χ2n) is 6.41. The van der Waals surface area contributed by atoms with Crippen LogP contribution in [-0.4, -0.2) is 30.8 Å². The number of hydrogen-bond acceptors (Lipinski definition) is 4. The highest BCUT2D eigenvalue weighted by Crippen LogP contribution is 2.26. The number of nitrogens with zero attached hydrogens (tertiary/aromatic N) is 2. The fourth-order valence-electron chi connectivity index (χ4n) is 3.19. The van der Waals surface area contributed by atoms with Crippen molar-refractivity contribution >= 4 is 20.8 Å².